The molecule has 6 heteroatoms. The van der Waals surface area contributed by atoms with Gasteiger partial charge in [0, 0.05) is 24.2 Å². The second kappa shape index (κ2) is 8.85. The molecule has 146 valence electrons. The van der Waals surface area contributed by atoms with Gasteiger partial charge in [0.15, 0.2) is 0 Å². The van der Waals surface area contributed by atoms with Crippen molar-refractivity contribution in [2.45, 2.75) is 38.3 Å². The SMILES string of the molecule is CC(C)(CNc1cccc(-c2ccccc2)n1)NCC(=O)N1CCC[C@H]1C#N. The number of hydrogen-bond acceptors (Lipinski definition) is 5. The number of nitrogens with one attached hydrogen (secondary N) is 2. The molecule has 28 heavy (non-hydrogen) atoms. The summed E-state index contributed by atoms with van der Waals surface area (Å²) in [6, 6.07) is 17.9. The van der Waals surface area contributed by atoms with Gasteiger partial charge in [-0.2, -0.15) is 5.26 Å². The summed E-state index contributed by atoms with van der Waals surface area (Å²) in [6.45, 7) is 5.60. The van der Waals surface area contributed by atoms with E-state index in [-0.39, 0.29) is 24.0 Å². The van der Waals surface area contributed by atoms with E-state index in [0.717, 1.165) is 29.9 Å². The van der Waals surface area contributed by atoms with Crippen molar-refractivity contribution < 1.29 is 4.79 Å². The van der Waals surface area contributed by atoms with E-state index in [1.54, 1.807) is 4.90 Å². The van der Waals surface area contributed by atoms with Gasteiger partial charge in [0.2, 0.25) is 5.91 Å². The predicted molar refractivity (Wildman–Crippen MR) is 111 cm³/mol. The number of amides is 1. The van der Waals surface area contributed by atoms with Gasteiger partial charge in [-0.05, 0) is 38.8 Å². The van der Waals surface area contributed by atoms with Crippen molar-refractivity contribution in [2.75, 3.05) is 25.0 Å². The zero-order valence-electron chi connectivity index (χ0n) is 16.5. The van der Waals surface area contributed by atoms with Gasteiger partial charge in [0.25, 0.3) is 0 Å². The zero-order chi connectivity index (χ0) is 20.0. The van der Waals surface area contributed by atoms with Crippen LogP contribution in [-0.4, -0.2) is 47.0 Å². The summed E-state index contributed by atoms with van der Waals surface area (Å²) >= 11 is 0. The van der Waals surface area contributed by atoms with Crippen LogP contribution in [0, 0.1) is 11.3 Å². The van der Waals surface area contributed by atoms with Crippen LogP contribution in [0.5, 0.6) is 0 Å². The molecule has 1 amide bonds. The molecule has 3 rings (SSSR count). The Morgan fingerprint density at radius 2 is 2.04 bits per heavy atom. The van der Waals surface area contributed by atoms with Crippen LogP contribution in [0.2, 0.25) is 0 Å². The van der Waals surface area contributed by atoms with E-state index in [1.807, 2.05) is 62.4 Å². The third kappa shape index (κ3) is 5.08. The van der Waals surface area contributed by atoms with Gasteiger partial charge in [0.05, 0.1) is 18.3 Å². The number of carbonyl (C=O) groups excluding carboxylic acids is 1. The van der Waals surface area contributed by atoms with Gasteiger partial charge in [-0.1, -0.05) is 36.4 Å². The molecule has 1 aromatic heterocycles. The minimum atomic E-state index is -0.304. The fraction of sp³-hybridized carbons (Fsp3) is 0.409. The van der Waals surface area contributed by atoms with Gasteiger partial charge in [-0.3, -0.25) is 4.79 Å². The Labute approximate surface area is 166 Å². The lowest BCUT2D eigenvalue weighted by atomic mass is 10.1. The number of nitrogens with zero attached hydrogens (tertiary/aromatic N) is 3. The molecule has 0 radical (unpaired) electrons. The molecule has 1 aromatic carbocycles. The molecule has 1 aliphatic rings. The van der Waals surface area contributed by atoms with Crippen molar-refractivity contribution >= 4 is 11.7 Å². The van der Waals surface area contributed by atoms with Crippen molar-refractivity contribution in [3.05, 3.63) is 48.5 Å². The van der Waals surface area contributed by atoms with Gasteiger partial charge in [0.1, 0.15) is 11.9 Å². The Morgan fingerprint density at radius 1 is 1.25 bits per heavy atom. The molecule has 1 atom stereocenters. The molecule has 0 saturated carbocycles. The number of nitriles is 1. The van der Waals surface area contributed by atoms with Crippen LogP contribution in [0.25, 0.3) is 11.3 Å². The first-order valence-electron chi connectivity index (χ1n) is 9.69. The highest BCUT2D eigenvalue weighted by Crippen LogP contribution is 2.19. The van der Waals surface area contributed by atoms with Crippen molar-refractivity contribution in [1.82, 2.24) is 15.2 Å². The summed E-state index contributed by atoms with van der Waals surface area (Å²) in [5, 5.41) is 15.8. The number of benzene rings is 1. The van der Waals surface area contributed by atoms with Crippen LogP contribution in [0.15, 0.2) is 48.5 Å². The van der Waals surface area contributed by atoms with Crippen LogP contribution in [0.4, 0.5) is 5.82 Å². The monoisotopic (exact) mass is 377 g/mol. The zero-order valence-corrected chi connectivity index (χ0v) is 16.5. The maximum absolute atomic E-state index is 12.4. The van der Waals surface area contributed by atoms with E-state index in [2.05, 4.69) is 21.7 Å². The van der Waals surface area contributed by atoms with E-state index < -0.39 is 0 Å². The third-order valence-corrected chi connectivity index (χ3v) is 4.97. The van der Waals surface area contributed by atoms with E-state index in [0.29, 0.717) is 13.1 Å². The van der Waals surface area contributed by atoms with Crippen molar-refractivity contribution in [1.29, 1.82) is 5.26 Å². The van der Waals surface area contributed by atoms with Crippen molar-refractivity contribution in [3.8, 4) is 17.3 Å². The van der Waals surface area contributed by atoms with Crippen LogP contribution >= 0.6 is 0 Å². The summed E-state index contributed by atoms with van der Waals surface area (Å²) < 4.78 is 0. The van der Waals surface area contributed by atoms with Crippen LogP contribution in [0.3, 0.4) is 0 Å². The topological polar surface area (TPSA) is 81.1 Å². The first-order chi connectivity index (χ1) is 13.5. The lowest BCUT2D eigenvalue weighted by Gasteiger charge is -2.28. The molecule has 2 aromatic rings. The highest BCUT2D eigenvalue weighted by molar-refractivity contribution is 5.79. The quantitative estimate of drug-likeness (QED) is 0.775. The number of likely N-dealkylation sites (tertiary alicyclic amines) is 1. The van der Waals surface area contributed by atoms with E-state index in [1.165, 1.54) is 0 Å². The van der Waals surface area contributed by atoms with Crippen molar-refractivity contribution in [3.63, 3.8) is 0 Å². The van der Waals surface area contributed by atoms with Crippen LogP contribution in [0.1, 0.15) is 26.7 Å². The number of rotatable bonds is 7. The molecule has 2 heterocycles. The fourth-order valence-corrected chi connectivity index (χ4v) is 3.29. The summed E-state index contributed by atoms with van der Waals surface area (Å²) in [7, 11) is 0. The van der Waals surface area contributed by atoms with E-state index in [9.17, 15) is 4.79 Å². The second-order valence-electron chi connectivity index (χ2n) is 7.74. The summed E-state index contributed by atoms with van der Waals surface area (Å²) in [4.78, 5) is 18.8. The molecule has 1 fully saturated rings. The smallest absolute Gasteiger partial charge is 0.237 e. The minimum Gasteiger partial charge on any atom is -0.368 e. The molecule has 6 nitrogen and oxygen atoms in total. The number of hydrogen-bond donors (Lipinski definition) is 2. The summed E-state index contributed by atoms with van der Waals surface area (Å²) in [5.41, 5.74) is 1.69. The molecule has 0 aliphatic carbocycles. The van der Waals surface area contributed by atoms with Gasteiger partial charge >= 0.3 is 0 Å². The molecule has 0 spiro atoms. The lowest BCUT2D eigenvalue weighted by Crippen LogP contribution is -2.50. The molecule has 2 N–H and O–H groups in total. The van der Waals surface area contributed by atoms with Crippen molar-refractivity contribution in [2.24, 2.45) is 0 Å². The van der Waals surface area contributed by atoms with Gasteiger partial charge in [-0.25, -0.2) is 4.98 Å². The number of pyridine rings is 1. The number of anilines is 1. The highest BCUT2D eigenvalue weighted by atomic mass is 16.2. The normalized spacial score (nSPS) is 16.6. The largest absolute Gasteiger partial charge is 0.368 e. The molecular formula is C22H27N5O. The second-order valence-corrected chi connectivity index (χ2v) is 7.74. The molecule has 1 saturated heterocycles. The predicted octanol–water partition coefficient (Wildman–Crippen LogP) is 3.04. The highest BCUT2D eigenvalue weighted by Gasteiger charge is 2.29. The Balaban J connectivity index is 1.53. The van der Waals surface area contributed by atoms with E-state index in [4.69, 9.17) is 5.26 Å². The van der Waals surface area contributed by atoms with Gasteiger partial charge < -0.3 is 15.5 Å². The Morgan fingerprint density at radius 3 is 2.79 bits per heavy atom. The lowest BCUT2D eigenvalue weighted by molar-refractivity contribution is -0.130. The average molecular weight is 377 g/mol. The van der Waals surface area contributed by atoms with Crippen LogP contribution in [-0.2, 0) is 4.79 Å². The fourth-order valence-electron chi connectivity index (χ4n) is 3.29. The molecule has 0 bridgehead atoms. The summed E-state index contributed by atoms with van der Waals surface area (Å²) in [5.74, 6) is 0.785. The molecule has 0 unspecified atom stereocenters. The average Bonchev–Trinajstić information content (AvgIpc) is 3.21. The Kier molecular flexibility index (Phi) is 6.27. The van der Waals surface area contributed by atoms with Crippen LogP contribution < -0.4 is 10.6 Å². The maximum atomic E-state index is 12.4. The maximum Gasteiger partial charge on any atom is 0.237 e. The number of carbonyl (C=O) groups is 1. The number of aromatic nitrogens is 1. The van der Waals surface area contributed by atoms with Gasteiger partial charge in [-0.15, -0.1) is 0 Å². The molecule has 1 aliphatic heterocycles. The standard InChI is InChI=1S/C22H27N5O/c1-22(2,25-15-21(28)27-13-7-10-18(27)14-23)16-24-20-12-6-11-19(26-20)17-8-4-3-5-9-17/h3-6,8-9,11-12,18,25H,7,10,13,15-16H2,1-2H3,(H,24,26)/t18-/m0/s1. The molecular weight excluding hydrogens is 350 g/mol. The first kappa shape index (κ1) is 19.8. The summed E-state index contributed by atoms with van der Waals surface area (Å²) in [6.07, 6.45) is 1.68. The van der Waals surface area contributed by atoms with E-state index >= 15 is 0 Å². The third-order valence-electron chi connectivity index (χ3n) is 4.97. The first-order valence-corrected chi connectivity index (χ1v) is 9.69. The minimum absolute atomic E-state index is 0.0127. The Hall–Kier alpha value is -2.91. The Bertz CT molecular complexity index is 844.